The summed E-state index contributed by atoms with van der Waals surface area (Å²) < 4.78 is 30.2. The second-order valence-electron chi connectivity index (χ2n) is 6.61. The highest BCUT2D eigenvalue weighted by molar-refractivity contribution is 6.34. The van der Waals surface area contributed by atoms with E-state index in [-0.39, 0.29) is 22.0 Å². The van der Waals surface area contributed by atoms with Crippen LogP contribution in [0.3, 0.4) is 0 Å². The van der Waals surface area contributed by atoms with Crippen LogP contribution in [0, 0.1) is 18.6 Å². The maximum Gasteiger partial charge on any atom is 0.255 e. The Kier molecular flexibility index (Phi) is 4.44. The van der Waals surface area contributed by atoms with Crippen molar-refractivity contribution in [1.82, 2.24) is 9.78 Å². The number of benzene rings is 2. The number of aryl methyl sites for hydroxylation is 1. The van der Waals surface area contributed by atoms with Gasteiger partial charge in [0.1, 0.15) is 17.3 Å². The van der Waals surface area contributed by atoms with Crippen molar-refractivity contribution in [3.63, 3.8) is 0 Å². The molecule has 1 aliphatic carbocycles. The zero-order valence-electron chi connectivity index (χ0n) is 14.5. The molecule has 1 aromatic heterocycles. The fraction of sp³-hybridized carbons (Fsp3) is 0.200. The molecule has 3 aromatic rings. The summed E-state index contributed by atoms with van der Waals surface area (Å²) in [6, 6.07) is 10.1. The molecule has 0 atom stereocenters. The van der Waals surface area contributed by atoms with Crippen LogP contribution in [-0.4, -0.2) is 15.7 Å². The first-order chi connectivity index (χ1) is 12.9. The van der Waals surface area contributed by atoms with Gasteiger partial charge in [-0.2, -0.15) is 5.10 Å². The first-order valence-corrected chi connectivity index (χ1v) is 8.93. The summed E-state index contributed by atoms with van der Waals surface area (Å²) in [5.41, 5.74) is 2.00. The van der Waals surface area contributed by atoms with Crippen molar-refractivity contribution < 1.29 is 13.6 Å². The molecule has 7 heteroatoms. The lowest BCUT2D eigenvalue weighted by Crippen LogP contribution is -2.14. The summed E-state index contributed by atoms with van der Waals surface area (Å²) >= 11 is 5.91. The van der Waals surface area contributed by atoms with Gasteiger partial charge in [-0.15, -0.1) is 0 Å². The normalized spacial score (nSPS) is 13.6. The third-order valence-corrected chi connectivity index (χ3v) is 4.81. The Labute approximate surface area is 159 Å². The lowest BCUT2D eigenvalue weighted by molar-refractivity contribution is 0.102. The number of hydrogen-bond donors (Lipinski definition) is 1. The van der Waals surface area contributed by atoms with Crippen molar-refractivity contribution in [2.45, 2.75) is 25.7 Å². The minimum absolute atomic E-state index is 0.0624. The van der Waals surface area contributed by atoms with Crippen molar-refractivity contribution >= 4 is 23.2 Å². The molecule has 0 bridgehead atoms. The molecule has 0 spiro atoms. The SMILES string of the molecule is Cc1cc(C2CC2)n(-c2ccc(C(=O)Nc3c(F)cccc3Cl)cc2F)n1. The van der Waals surface area contributed by atoms with Crippen LogP contribution < -0.4 is 5.32 Å². The maximum absolute atomic E-state index is 14.7. The van der Waals surface area contributed by atoms with Gasteiger partial charge < -0.3 is 5.32 Å². The van der Waals surface area contributed by atoms with E-state index in [2.05, 4.69) is 10.4 Å². The highest BCUT2D eigenvalue weighted by atomic mass is 35.5. The summed E-state index contributed by atoms with van der Waals surface area (Å²) in [7, 11) is 0. The van der Waals surface area contributed by atoms with Crippen molar-refractivity contribution in [3.05, 3.63) is 76.1 Å². The standard InChI is InChI=1S/C20H16ClF2N3O/c1-11-9-18(12-5-6-12)26(25-11)17-8-7-13(10-16(17)23)20(27)24-19-14(21)3-2-4-15(19)22/h2-4,7-10,12H,5-6H2,1H3,(H,24,27). The quantitative estimate of drug-likeness (QED) is 0.665. The number of amides is 1. The average molecular weight is 388 g/mol. The Bertz CT molecular complexity index is 1020. The lowest BCUT2D eigenvalue weighted by Gasteiger charge is -2.11. The largest absolute Gasteiger partial charge is 0.318 e. The predicted octanol–water partition coefficient (Wildman–Crippen LogP) is 5.24. The minimum atomic E-state index is -0.658. The average Bonchev–Trinajstić information content (AvgIpc) is 3.40. The van der Waals surface area contributed by atoms with E-state index in [0.717, 1.165) is 30.3 Å². The molecule has 4 rings (SSSR count). The van der Waals surface area contributed by atoms with Gasteiger partial charge in [0.25, 0.3) is 5.91 Å². The Balaban J connectivity index is 1.63. The number of nitrogens with one attached hydrogen (secondary N) is 1. The summed E-state index contributed by atoms with van der Waals surface area (Å²) in [6.45, 7) is 1.86. The number of rotatable bonds is 4. The van der Waals surface area contributed by atoms with Gasteiger partial charge in [0, 0.05) is 17.2 Å². The lowest BCUT2D eigenvalue weighted by atomic mass is 10.1. The number of aromatic nitrogens is 2. The van der Waals surface area contributed by atoms with Crippen molar-refractivity contribution in [1.29, 1.82) is 0 Å². The van der Waals surface area contributed by atoms with Gasteiger partial charge >= 0.3 is 0 Å². The molecule has 1 fully saturated rings. The zero-order valence-corrected chi connectivity index (χ0v) is 15.2. The topological polar surface area (TPSA) is 46.9 Å². The van der Waals surface area contributed by atoms with E-state index in [1.807, 2.05) is 13.0 Å². The Morgan fingerprint density at radius 1 is 1.19 bits per heavy atom. The number of nitrogens with zero attached hydrogens (tertiary/aromatic N) is 2. The smallest absolute Gasteiger partial charge is 0.255 e. The fourth-order valence-electron chi connectivity index (χ4n) is 3.01. The first kappa shape index (κ1) is 17.7. The third-order valence-electron chi connectivity index (χ3n) is 4.49. The van der Waals surface area contributed by atoms with Crippen LogP contribution in [0.15, 0.2) is 42.5 Å². The number of anilines is 1. The molecule has 138 valence electrons. The zero-order chi connectivity index (χ0) is 19.1. The van der Waals surface area contributed by atoms with Gasteiger partial charge in [0.2, 0.25) is 0 Å². The summed E-state index contributed by atoms with van der Waals surface area (Å²) in [4.78, 5) is 12.4. The van der Waals surface area contributed by atoms with E-state index in [9.17, 15) is 13.6 Å². The minimum Gasteiger partial charge on any atom is -0.318 e. The van der Waals surface area contributed by atoms with Crippen LogP contribution in [0.25, 0.3) is 5.69 Å². The number of para-hydroxylation sites is 1. The van der Waals surface area contributed by atoms with Gasteiger partial charge in [-0.1, -0.05) is 17.7 Å². The second kappa shape index (κ2) is 6.78. The van der Waals surface area contributed by atoms with Crippen molar-refractivity contribution in [2.75, 3.05) is 5.32 Å². The Hall–Kier alpha value is -2.73. The van der Waals surface area contributed by atoms with E-state index >= 15 is 0 Å². The van der Waals surface area contributed by atoms with E-state index in [0.29, 0.717) is 5.92 Å². The van der Waals surface area contributed by atoms with Gasteiger partial charge in [-0.3, -0.25) is 4.79 Å². The molecule has 1 heterocycles. The Morgan fingerprint density at radius 2 is 1.96 bits per heavy atom. The molecule has 0 radical (unpaired) electrons. The van der Waals surface area contributed by atoms with Crippen LogP contribution in [-0.2, 0) is 0 Å². The number of halogens is 3. The molecule has 0 unspecified atom stereocenters. The Morgan fingerprint density at radius 3 is 2.63 bits per heavy atom. The molecule has 0 aliphatic heterocycles. The maximum atomic E-state index is 14.7. The number of carbonyl (C=O) groups is 1. The van der Waals surface area contributed by atoms with Crippen LogP contribution in [0.2, 0.25) is 5.02 Å². The van der Waals surface area contributed by atoms with E-state index in [4.69, 9.17) is 11.6 Å². The molecular weight excluding hydrogens is 372 g/mol. The van der Waals surface area contributed by atoms with Crippen molar-refractivity contribution in [2.24, 2.45) is 0 Å². The summed E-state index contributed by atoms with van der Waals surface area (Å²) in [6.07, 6.45) is 2.13. The van der Waals surface area contributed by atoms with E-state index < -0.39 is 17.5 Å². The summed E-state index contributed by atoms with van der Waals surface area (Å²) in [5.74, 6) is -1.48. The van der Waals surface area contributed by atoms with Gasteiger partial charge in [-0.05, 0) is 56.2 Å². The molecule has 27 heavy (non-hydrogen) atoms. The molecule has 1 N–H and O–H groups in total. The molecule has 1 amide bonds. The van der Waals surface area contributed by atoms with E-state index in [1.54, 1.807) is 4.68 Å². The third kappa shape index (κ3) is 3.45. The van der Waals surface area contributed by atoms with Gasteiger partial charge in [-0.25, -0.2) is 13.5 Å². The number of carbonyl (C=O) groups excluding carboxylic acids is 1. The van der Waals surface area contributed by atoms with Gasteiger partial charge in [0.05, 0.1) is 16.4 Å². The molecule has 2 aromatic carbocycles. The summed E-state index contributed by atoms with van der Waals surface area (Å²) in [5, 5.41) is 6.84. The van der Waals surface area contributed by atoms with Crippen LogP contribution >= 0.6 is 11.6 Å². The van der Waals surface area contributed by atoms with Crippen LogP contribution in [0.5, 0.6) is 0 Å². The van der Waals surface area contributed by atoms with Gasteiger partial charge in [0.15, 0.2) is 0 Å². The first-order valence-electron chi connectivity index (χ1n) is 8.56. The second-order valence-corrected chi connectivity index (χ2v) is 7.02. The highest BCUT2D eigenvalue weighted by Gasteiger charge is 2.29. The highest BCUT2D eigenvalue weighted by Crippen LogP contribution is 2.41. The predicted molar refractivity (Wildman–Crippen MR) is 99.6 cm³/mol. The van der Waals surface area contributed by atoms with E-state index in [1.165, 1.54) is 30.3 Å². The molecule has 1 saturated carbocycles. The monoisotopic (exact) mass is 387 g/mol. The van der Waals surface area contributed by atoms with Crippen LogP contribution in [0.4, 0.5) is 14.5 Å². The van der Waals surface area contributed by atoms with Crippen molar-refractivity contribution in [3.8, 4) is 5.69 Å². The molecule has 1 aliphatic rings. The fourth-order valence-corrected chi connectivity index (χ4v) is 3.22. The van der Waals surface area contributed by atoms with Crippen LogP contribution in [0.1, 0.15) is 40.5 Å². The molecular formula is C20H16ClF2N3O. The number of hydrogen-bond acceptors (Lipinski definition) is 2. The molecule has 0 saturated heterocycles. The molecule has 4 nitrogen and oxygen atoms in total.